The lowest BCUT2D eigenvalue weighted by Crippen LogP contribution is -2.46. The normalized spacial score (nSPS) is 16.1. The van der Waals surface area contributed by atoms with Crippen molar-refractivity contribution in [1.29, 1.82) is 0 Å². The van der Waals surface area contributed by atoms with E-state index in [1.165, 1.54) is 6.07 Å². The Morgan fingerprint density at radius 3 is 2.71 bits per heavy atom. The van der Waals surface area contributed by atoms with Crippen molar-refractivity contribution >= 4 is 33.8 Å². The highest BCUT2D eigenvalue weighted by Gasteiger charge is 2.35. The molecule has 0 saturated carbocycles. The van der Waals surface area contributed by atoms with Gasteiger partial charge in [-0.3, -0.25) is 9.48 Å². The van der Waals surface area contributed by atoms with Crippen LogP contribution in [-0.4, -0.2) is 63.4 Å². The number of nitrogens with one attached hydrogen (secondary N) is 1. The summed E-state index contributed by atoms with van der Waals surface area (Å²) in [5.41, 5.74) is 2.58. The zero-order valence-corrected chi connectivity index (χ0v) is 23.2. The van der Waals surface area contributed by atoms with Gasteiger partial charge in [0.1, 0.15) is 16.8 Å². The summed E-state index contributed by atoms with van der Waals surface area (Å²) in [6, 6.07) is 3.72. The summed E-state index contributed by atoms with van der Waals surface area (Å²) in [4.78, 5) is 22.6. The first-order valence-corrected chi connectivity index (χ1v) is 13.0. The number of nitrogens with zero attached hydrogens (tertiary/aromatic N) is 6. The number of benzene rings is 1. The summed E-state index contributed by atoms with van der Waals surface area (Å²) in [5.74, 6) is -0.364. The molecule has 3 aromatic heterocycles. The first kappa shape index (κ1) is 26.0. The number of halogens is 1. The van der Waals surface area contributed by atoms with E-state index in [0.29, 0.717) is 34.3 Å². The van der Waals surface area contributed by atoms with Gasteiger partial charge in [0.25, 0.3) is 5.91 Å². The molecule has 5 rings (SSSR count). The van der Waals surface area contributed by atoms with Gasteiger partial charge in [-0.2, -0.15) is 5.10 Å². The van der Waals surface area contributed by atoms with Crippen molar-refractivity contribution in [3.63, 3.8) is 0 Å². The third-order valence-corrected chi connectivity index (χ3v) is 7.06. The van der Waals surface area contributed by atoms with Gasteiger partial charge in [-0.05, 0) is 40.7 Å². The van der Waals surface area contributed by atoms with Crippen LogP contribution in [-0.2, 0) is 7.05 Å². The van der Waals surface area contributed by atoms with Gasteiger partial charge >= 0.3 is 0 Å². The molecule has 1 amide bonds. The minimum Gasteiger partial charge on any atom is -0.496 e. The fraction of sp³-hybridized carbons (Fsp3) is 0.464. The molecule has 1 saturated heterocycles. The molecule has 1 aromatic carbocycles. The number of aromatic nitrogens is 4. The highest BCUT2D eigenvalue weighted by Crippen LogP contribution is 2.39. The zero-order valence-electron chi connectivity index (χ0n) is 23.2. The summed E-state index contributed by atoms with van der Waals surface area (Å²) in [6.07, 6.45) is 6.47. The number of carbonyl (C=O) groups is 1. The van der Waals surface area contributed by atoms with E-state index in [9.17, 15) is 4.79 Å². The molecule has 0 bridgehead atoms. The van der Waals surface area contributed by atoms with Gasteiger partial charge in [-0.15, -0.1) is 0 Å². The Labute approximate surface area is 222 Å². The van der Waals surface area contributed by atoms with E-state index in [1.807, 2.05) is 47.0 Å². The van der Waals surface area contributed by atoms with E-state index in [2.05, 4.69) is 22.1 Å². The number of likely N-dealkylation sites (N-methyl/N-ethyl adjacent to an activating group) is 1. The molecule has 0 unspecified atom stereocenters. The number of fused-ring (bicyclic) bond motifs is 2. The standard InChI is InChI=1S/C28H36FN7O2/c1-8-30-18-9-10-34(14-18)22-12-23(38-7)24(25-20(22)16-33(6)32-25)27(37)36(28(3,4)5)19-11-21(29)26-31-17(2)13-35(26)15-19/h11-13,15-16,18,30H,8-10,14H2,1-7H3/t18-/m0/s1. The Morgan fingerprint density at radius 2 is 2.03 bits per heavy atom. The number of rotatable bonds is 6. The molecule has 4 aromatic rings. The minimum atomic E-state index is -0.675. The zero-order chi connectivity index (χ0) is 27.4. The number of pyridine rings is 1. The van der Waals surface area contributed by atoms with E-state index in [1.54, 1.807) is 33.5 Å². The summed E-state index contributed by atoms with van der Waals surface area (Å²) < 4.78 is 24.3. The first-order chi connectivity index (χ1) is 18.0. The Kier molecular flexibility index (Phi) is 6.54. The molecule has 0 spiro atoms. The van der Waals surface area contributed by atoms with Crippen molar-refractivity contribution in [2.45, 2.75) is 52.6 Å². The second kappa shape index (κ2) is 9.58. The topological polar surface area (TPSA) is 79.9 Å². The van der Waals surface area contributed by atoms with Crippen molar-refractivity contribution in [2.24, 2.45) is 7.05 Å². The van der Waals surface area contributed by atoms with Gasteiger partial charge in [0.05, 0.1) is 24.2 Å². The number of aryl methyl sites for hydroxylation is 2. The van der Waals surface area contributed by atoms with E-state index in [4.69, 9.17) is 9.84 Å². The van der Waals surface area contributed by atoms with E-state index in [-0.39, 0.29) is 11.6 Å². The van der Waals surface area contributed by atoms with Crippen LogP contribution in [0.4, 0.5) is 15.8 Å². The molecule has 1 aliphatic heterocycles. The van der Waals surface area contributed by atoms with Gasteiger partial charge < -0.3 is 24.3 Å². The summed E-state index contributed by atoms with van der Waals surface area (Å²) in [5, 5.41) is 9.13. The molecule has 202 valence electrons. The highest BCUT2D eigenvalue weighted by molar-refractivity contribution is 6.17. The monoisotopic (exact) mass is 521 g/mol. The summed E-state index contributed by atoms with van der Waals surface area (Å²) in [7, 11) is 3.42. The van der Waals surface area contributed by atoms with Crippen LogP contribution in [0.25, 0.3) is 16.6 Å². The number of carbonyl (C=O) groups excluding carboxylic acids is 1. The SMILES string of the molecule is CCN[C@H]1CCN(c2cc(OC)c(C(=O)N(c3cc(F)c4nc(C)cn4c3)C(C)(C)C)c3nn(C)cc23)C1. The lowest BCUT2D eigenvalue weighted by Gasteiger charge is -2.36. The van der Waals surface area contributed by atoms with Crippen LogP contribution in [0, 0.1) is 12.7 Å². The number of ether oxygens (including phenoxy) is 1. The van der Waals surface area contributed by atoms with Crippen LogP contribution < -0.4 is 19.9 Å². The van der Waals surface area contributed by atoms with Crippen molar-refractivity contribution in [3.8, 4) is 5.75 Å². The average Bonchev–Trinajstić information content (AvgIpc) is 3.55. The van der Waals surface area contributed by atoms with E-state index in [0.717, 1.165) is 37.1 Å². The van der Waals surface area contributed by atoms with Gasteiger partial charge in [0.15, 0.2) is 11.5 Å². The number of methoxy groups -OCH3 is 1. The quantitative estimate of drug-likeness (QED) is 0.407. The molecule has 1 fully saturated rings. The van der Waals surface area contributed by atoms with Crippen LogP contribution in [0.2, 0.25) is 0 Å². The Bertz CT molecular complexity index is 1520. The number of amides is 1. The number of anilines is 2. The van der Waals surface area contributed by atoms with Crippen LogP contribution in [0.3, 0.4) is 0 Å². The maximum absolute atomic E-state index is 15.1. The van der Waals surface area contributed by atoms with Crippen molar-refractivity contribution < 1.29 is 13.9 Å². The Hall–Kier alpha value is -3.66. The average molecular weight is 522 g/mol. The smallest absolute Gasteiger partial charge is 0.264 e. The molecule has 1 atom stereocenters. The van der Waals surface area contributed by atoms with Gasteiger partial charge in [0.2, 0.25) is 0 Å². The highest BCUT2D eigenvalue weighted by atomic mass is 19.1. The van der Waals surface area contributed by atoms with Gasteiger partial charge in [-0.1, -0.05) is 6.92 Å². The maximum atomic E-state index is 15.1. The number of imidazole rings is 1. The maximum Gasteiger partial charge on any atom is 0.264 e. The predicted octanol–water partition coefficient (Wildman–Crippen LogP) is 4.31. The molecular weight excluding hydrogens is 485 g/mol. The van der Waals surface area contributed by atoms with Crippen LogP contribution in [0.15, 0.2) is 30.7 Å². The molecule has 1 N–H and O–H groups in total. The third-order valence-electron chi connectivity index (χ3n) is 7.06. The van der Waals surface area contributed by atoms with Gasteiger partial charge in [0, 0.05) is 67.8 Å². The first-order valence-electron chi connectivity index (χ1n) is 13.0. The van der Waals surface area contributed by atoms with Gasteiger partial charge in [-0.25, -0.2) is 9.37 Å². The van der Waals surface area contributed by atoms with E-state index < -0.39 is 11.4 Å². The molecule has 0 aliphatic carbocycles. The van der Waals surface area contributed by atoms with Crippen LogP contribution in [0.5, 0.6) is 5.75 Å². The molecule has 38 heavy (non-hydrogen) atoms. The number of hydrogen-bond acceptors (Lipinski definition) is 6. The van der Waals surface area contributed by atoms with Crippen molar-refractivity contribution in [2.75, 3.05) is 36.5 Å². The fourth-order valence-corrected chi connectivity index (χ4v) is 5.52. The summed E-state index contributed by atoms with van der Waals surface area (Å²) >= 11 is 0. The molecule has 9 nitrogen and oxygen atoms in total. The second-order valence-electron chi connectivity index (χ2n) is 11.0. The molecule has 4 heterocycles. The predicted molar refractivity (Wildman–Crippen MR) is 148 cm³/mol. The Balaban J connectivity index is 1.66. The fourth-order valence-electron chi connectivity index (χ4n) is 5.52. The van der Waals surface area contributed by atoms with Crippen LogP contribution >= 0.6 is 0 Å². The van der Waals surface area contributed by atoms with Crippen LogP contribution in [0.1, 0.15) is 50.2 Å². The summed E-state index contributed by atoms with van der Waals surface area (Å²) in [6.45, 7) is 12.4. The number of hydrogen-bond donors (Lipinski definition) is 1. The van der Waals surface area contributed by atoms with Crippen molar-refractivity contribution in [3.05, 3.63) is 47.8 Å². The van der Waals surface area contributed by atoms with Crippen molar-refractivity contribution in [1.82, 2.24) is 24.5 Å². The Morgan fingerprint density at radius 1 is 1.26 bits per heavy atom. The third kappa shape index (κ3) is 4.47. The molecule has 0 radical (unpaired) electrons. The molecule has 1 aliphatic rings. The minimum absolute atomic E-state index is 0.225. The largest absolute Gasteiger partial charge is 0.496 e. The lowest BCUT2D eigenvalue weighted by molar-refractivity contribution is 0.0964. The second-order valence-corrected chi connectivity index (χ2v) is 11.0. The van der Waals surface area contributed by atoms with E-state index >= 15 is 4.39 Å². The lowest BCUT2D eigenvalue weighted by atomic mass is 10.0. The molecule has 10 heteroatoms. The molecular formula is C28H36FN7O2.